The summed E-state index contributed by atoms with van der Waals surface area (Å²) in [5.74, 6) is 1.69. The van der Waals surface area contributed by atoms with Gasteiger partial charge >= 0.3 is 0 Å². The van der Waals surface area contributed by atoms with Gasteiger partial charge in [-0.3, -0.25) is 0 Å². The average molecular weight is 286 g/mol. The molecule has 112 valence electrons. The van der Waals surface area contributed by atoms with Gasteiger partial charge in [0.25, 0.3) is 0 Å². The maximum Gasteiger partial charge on any atom is 0.127 e. The largest absolute Gasteiger partial charge is 0.497 e. The molecule has 0 unspecified atom stereocenters. The van der Waals surface area contributed by atoms with E-state index in [9.17, 15) is 0 Å². The standard InChI is InChI=1S/C17H22N2O2/c1-20-15-5-2-13(11-19-14-3-4-14)16(10-15)21-12-17(6-7-17)8-9-18/h2,5,10,14,19H,3-4,6-8,11-12H2,1H3. The maximum atomic E-state index is 8.89. The summed E-state index contributed by atoms with van der Waals surface area (Å²) >= 11 is 0. The zero-order valence-corrected chi connectivity index (χ0v) is 12.5. The van der Waals surface area contributed by atoms with Crippen LogP contribution in [-0.2, 0) is 6.54 Å². The number of ether oxygens (including phenoxy) is 2. The predicted molar refractivity (Wildman–Crippen MR) is 80.2 cm³/mol. The molecule has 4 heteroatoms. The highest BCUT2D eigenvalue weighted by Gasteiger charge is 2.43. The van der Waals surface area contributed by atoms with Gasteiger partial charge in [0.05, 0.1) is 19.8 Å². The van der Waals surface area contributed by atoms with Crippen molar-refractivity contribution in [2.45, 2.75) is 44.7 Å². The van der Waals surface area contributed by atoms with Crippen LogP contribution < -0.4 is 14.8 Å². The van der Waals surface area contributed by atoms with Gasteiger partial charge < -0.3 is 14.8 Å². The van der Waals surface area contributed by atoms with Crippen LogP contribution in [0.15, 0.2) is 18.2 Å². The van der Waals surface area contributed by atoms with Gasteiger partial charge in [-0.05, 0) is 31.7 Å². The normalized spacial score (nSPS) is 18.9. The highest BCUT2D eigenvalue weighted by atomic mass is 16.5. The zero-order valence-electron chi connectivity index (χ0n) is 12.5. The average Bonchev–Trinajstić information content (AvgIpc) is 3.40. The third-order valence-electron chi connectivity index (χ3n) is 4.38. The molecule has 0 radical (unpaired) electrons. The summed E-state index contributed by atoms with van der Waals surface area (Å²) in [5, 5.41) is 12.4. The molecular weight excluding hydrogens is 264 g/mol. The maximum absolute atomic E-state index is 8.89. The van der Waals surface area contributed by atoms with Crippen molar-refractivity contribution < 1.29 is 9.47 Å². The Morgan fingerprint density at radius 3 is 2.81 bits per heavy atom. The van der Waals surface area contributed by atoms with Crippen LogP contribution in [0.4, 0.5) is 0 Å². The molecule has 2 fully saturated rings. The van der Waals surface area contributed by atoms with Gasteiger partial charge in [0.2, 0.25) is 0 Å². The molecule has 0 saturated heterocycles. The lowest BCUT2D eigenvalue weighted by Gasteiger charge is -2.17. The van der Waals surface area contributed by atoms with Crippen LogP contribution in [0.2, 0.25) is 0 Å². The predicted octanol–water partition coefficient (Wildman–Crippen LogP) is 3.02. The summed E-state index contributed by atoms with van der Waals surface area (Å²) in [6.07, 6.45) is 5.34. The van der Waals surface area contributed by atoms with E-state index >= 15 is 0 Å². The lowest BCUT2D eigenvalue weighted by atomic mass is 10.1. The number of nitriles is 1. The second-order valence-corrected chi connectivity index (χ2v) is 6.25. The van der Waals surface area contributed by atoms with Crippen LogP contribution in [-0.4, -0.2) is 19.8 Å². The highest BCUT2D eigenvalue weighted by molar-refractivity contribution is 5.41. The molecule has 2 saturated carbocycles. The molecule has 0 aliphatic heterocycles. The van der Waals surface area contributed by atoms with Gasteiger partial charge in [0.1, 0.15) is 11.5 Å². The highest BCUT2D eigenvalue weighted by Crippen LogP contribution is 2.49. The number of benzene rings is 1. The van der Waals surface area contributed by atoms with Crippen LogP contribution in [0.25, 0.3) is 0 Å². The first kappa shape index (κ1) is 14.2. The molecule has 1 aromatic carbocycles. The first-order valence-corrected chi connectivity index (χ1v) is 7.65. The van der Waals surface area contributed by atoms with Gasteiger partial charge in [-0.15, -0.1) is 0 Å². The van der Waals surface area contributed by atoms with E-state index in [1.54, 1.807) is 7.11 Å². The molecule has 4 nitrogen and oxygen atoms in total. The molecule has 21 heavy (non-hydrogen) atoms. The van der Waals surface area contributed by atoms with Gasteiger partial charge in [-0.1, -0.05) is 6.07 Å². The second kappa shape index (κ2) is 5.95. The fourth-order valence-corrected chi connectivity index (χ4v) is 2.43. The van der Waals surface area contributed by atoms with Crippen molar-refractivity contribution in [2.24, 2.45) is 5.41 Å². The van der Waals surface area contributed by atoms with Crippen LogP contribution in [0, 0.1) is 16.7 Å². The Hall–Kier alpha value is -1.73. The molecule has 2 aliphatic carbocycles. The molecule has 0 bridgehead atoms. The van der Waals surface area contributed by atoms with Crippen LogP contribution in [0.5, 0.6) is 11.5 Å². The number of nitrogens with zero attached hydrogens (tertiary/aromatic N) is 1. The van der Waals surface area contributed by atoms with Crippen LogP contribution in [0.1, 0.15) is 37.7 Å². The van der Waals surface area contributed by atoms with E-state index < -0.39 is 0 Å². The fourth-order valence-electron chi connectivity index (χ4n) is 2.43. The summed E-state index contributed by atoms with van der Waals surface area (Å²) < 4.78 is 11.3. The first-order valence-electron chi connectivity index (χ1n) is 7.65. The third-order valence-corrected chi connectivity index (χ3v) is 4.38. The molecular formula is C17H22N2O2. The van der Waals surface area contributed by atoms with E-state index in [0.717, 1.165) is 36.4 Å². The van der Waals surface area contributed by atoms with Crippen LogP contribution in [0.3, 0.4) is 0 Å². The van der Waals surface area contributed by atoms with E-state index in [2.05, 4.69) is 17.5 Å². The Morgan fingerprint density at radius 2 is 2.19 bits per heavy atom. The van der Waals surface area contributed by atoms with Crippen molar-refractivity contribution in [3.05, 3.63) is 23.8 Å². The van der Waals surface area contributed by atoms with Crippen molar-refractivity contribution >= 4 is 0 Å². The molecule has 0 heterocycles. The third kappa shape index (κ3) is 3.68. The minimum absolute atomic E-state index is 0.0962. The first-order chi connectivity index (χ1) is 10.2. The van der Waals surface area contributed by atoms with Crippen molar-refractivity contribution in [3.8, 4) is 17.6 Å². The summed E-state index contributed by atoms with van der Waals surface area (Å²) in [6.45, 7) is 1.46. The number of methoxy groups -OCH3 is 1. The van der Waals surface area contributed by atoms with E-state index in [1.807, 2.05) is 12.1 Å². The van der Waals surface area contributed by atoms with Crippen LogP contribution >= 0.6 is 0 Å². The Balaban J connectivity index is 1.66. The van der Waals surface area contributed by atoms with Crippen molar-refractivity contribution in [3.63, 3.8) is 0 Å². The Labute approximate surface area is 126 Å². The van der Waals surface area contributed by atoms with Crippen molar-refractivity contribution in [1.29, 1.82) is 5.26 Å². The Morgan fingerprint density at radius 1 is 1.38 bits per heavy atom. The van der Waals surface area contributed by atoms with E-state index in [0.29, 0.717) is 19.1 Å². The number of hydrogen-bond donors (Lipinski definition) is 1. The lowest BCUT2D eigenvalue weighted by molar-refractivity contribution is 0.233. The van der Waals surface area contributed by atoms with Gasteiger partial charge in [-0.2, -0.15) is 5.26 Å². The quantitative estimate of drug-likeness (QED) is 0.798. The SMILES string of the molecule is COc1ccc(CNC2CC2)c(OCC2(CC#N)CC2)c1. The summed E-state index contributed by atoms with van der Waals surface area (Å²) in [5.41, 5.74) is 1.26. The molecule has 1 aromatic rings. The minimum atomic E-state index is 0.0962. The van der Waals surface area contributed by atoms with E-state index in [-0.39, 0.29) is 5.41 Å². The molecule has 1 N–H and O–H groups in total. The summed E-state index contributed by atoms with van der Waals surface area (Å²) in [7, 11) is 1.67. The fraction of sp³-hybridized carbons (Fsp3) is 0.588. The summed E-state index contributed by atoms with van der Waals surface area (Å²) in [4.78, 5) is 0. The molecule has 0 aromatic heterocycles. The van der Waals surface area contributed by atoms with Gasteiger partial charge in [0, 0.05) is 36.1 Å². The molecule has 0 atom stereocenters. The molecule has 0 spiro atoms. The number of hydrogen-bond acceptors (Lipinski definition) is 4. The summed E-state index contributed by atoms with van der Waals surface area (Å²) in [6, 6.07) is 8.93. The lowest BCUT2D eigenvalue weighted by Crippen LogP contribution is -2.18. The van der Waals surface area contributed by atoms with E-state index in [1.165, 1.54) is 12.8 Å². The van der Waals surface area contributed by atoms with Crippen molar-refractivity contribution in [2.75, 3.05) is 13.7 Å². The minimum Gasteiger partial charge on any atom is -0.497 e. The number of nitrogens with one attached hydrogen (secondary N) is 1. The zero-order chi connectivity index (χ0) is 14.7. The Bertz CT molecular complexity index is 542. The van der Waals surface area contributed by atoms with Gasteiger partial charge in [0.15, 0.2) is 0 Å². The Kier molecular flexibility index (Phi) is 4.03. The van der Waals surface area contributed by atoms with Gasteiger partial charge in [-0.25, -0.2) is 0 Å². The smallest absolute Gasteiger partial charge is 0.127 e. The topological polar surface area (TPSA) is 54.3 Å². The second-order valence-electron chi connectivity index (χ2n) is 6.25. The number of rotatable bonds is 8. The van der Waals surface area contributed by atoms with E-state index in [4.69, 9.17) is 14.7 Å². The molecule has 2 aliphatic rings. The molecule has 3 rings (SSSR count). The molecule has 0 amide bonds. The van der Waals surface area contributed by atoms with Crippen molar-refractivity contribution in [1.82, 2.24) is 5.32 Å². The monoisotopic (exact) mass is 286 g/mol.